The molecule has 1 atom stereocenters. The molecule has 0 spiro atoms. The first-order valence-electron chi connectivity index (χ1n) is 8.04. The molecule has 0 bridgehead atoms. The topological polar surface area (TPSA) is 68.0 Å². The Hall–Kier alpha value is -2.60. The Morgan fingerprint density at radius 3 is 2.56 bits per heavy atom. The summed E-state index contributed by atoms with van der Waals surface area (Å²) in [6, 6.07) is 17.2. The number of thioether (sulfide) groups is 1. The number of rotatable bonds is 6. The summed E-state index contributed by atoms with van der Waals surface area (Å²) in [5, 5.41) is 18.1. The van der Waals surface area contributed by atoms with Gasteiger partial charge in [-0.05, 0) is 25.5 Å². The second-order valence-electron chi connectivity index (χ2n) is 5.67. The van der Waals surface area contributed by atoms with E-state index >= 15 is 0 Å². The third-order valence-electron chi connectivity index (χ3n) is 3.86. The van der Waals surface area contributed by atoms with Crippen molar-refractivity contribution in [1.82, 2.24) is 14.8 Å². The van der Waals surface area contributed by atoms with Crippen LogP contribution in [0.15, 0.2) is 59.8 Å². The zero-order valence-electron chi connectivity index (χ0n) is 14.1. The fourth-order valence-electron chi connectivity index (χ4n) is 2.65. The summed E-state index contributed by atoms with van der Waals surface area (Å²) < 4.78 is 1.96. The SMILES string of the molecule is CCn1c(S[C@@H](C(=O)O)c2ccccc2)nnc1-c1cccc(C)c1. The van der Waals surface area contributed by atoms with Gasteiger partial charge >= 0.3 is 5.97 Å². The Balaban J connectivity index is 1.96. The van der Waals surface area contributed by atoms with Gasteiger partial charge in [0.1, 0.15) is 5.25 Å². The van der Waals surface area contributed by atoms with Gasteiger partial charge in [0.15, 0.2) is 11.0 Å². The molecule has 0 unspecified atom stereocenters. The average molecular weight is 353 g/mol. The Morgan fingerprint density at radius 1 is 1.16 bits per heavy atom. The molecule has 1 heterocycles. The van der Waals surface area contributed by atoms with E-state index in [1.54, 1.807) is 0 Å². The molecule has 0 radical (unpaired) electrons. The molecule has 1 N–H and O–H groups in total. The maximum Gasteiger partial charge on any atom is 0.321 e. The molecule has 0 amide bonds. The predicted molar refractivity (Wildman–Crippen MR) is 98.5 cm³/mol. The number of aliphatic carboxylic acids is 1. The van der Waals surface area contributed by atoms with E-state index in [-0.39, 0.29) is 0 Å². The van der Waals surface area contributed by atoms with Crippen molar-refractivity contribution in [2.24, 2.45) is 0 Å². The second-order valence-corrected chi connectivity index (χ2v) is 6.74. The highest BCUT2D eigenvalue weighted by Crippen LogP contribution is 2.36. The summed E-state index contributed by atoms with van der Waals surface area (Å²) in [5.41, 5.74) is 2.86. The number of aromatic nitrogens is 3. The molecule has 1 aromatic heterocycles. The number of carbonyl (C=O) groups is 1. The molecule has 3 aromatic rings. The maximum atomic E-state index is 11.7. The Labute approximate surface area is 150 Å². The van der Waals surface area contributed by atoms with Gasteiger partial charge in [0, 0.05) is 12.1 Å². The van der Waals surface area contributed by atoms with Crippen molar-refractivity contribution in [2.45, 2.75) is 30.8 Å². The number of nitrogens with zero attached hydrogens (tertiary/aromatic N) is 3. The number of hydrogen-bond acceptors (Lipinski definition) is 4. The summed E-state index contributed by atoms with van der Waals surface area (Å²) >= 11 is 1.21. The molecule has 0 saturated heterocycles. The largest absolute Gasteiger partial charge is 0.480 e. The van der Waals surface area contributed by atoms with Gasteiger partial charge in [0.25, 0.3) is 0 Å². The average Bonchev–Trinajstić information content (AvgIpc) is 3.03. The van der Waals surface area contributed by atoms with Gasteiger partial charge in [0.05, 0.1) is 0 Å². The minimum Gasteiger partial charge on any atom is -0.480 e. The molecule has 6 heteroatoms. The maximum absolute atomic E-state index is 11.7. The number of hydrogen-bond donors (Lipinski definition) is 1. The number of carboxylic acids is 1. The summed E-state index contributed by atoms with van der Waals surface area (Å²) in [6.07, 6.45) is 0. The Morgan fingerprint density at radius 2 is 1.92 bits per heavy atom. The first-order valence-corrected chi connectivity index (χ1v) is 8.92. The number of aryl methyl sites for hydroxylation is 1. The fraction of sp³-hybridized carbons (Fsp3) is 0.211. The molecular formula is C19H19N3O2S. The second kappa shape index (κ2) is 7.53. The highest BCUT2D eigenvalue weighted by molar-refractivity contribution is 8.00. The van der Waals surface area contributed by atoms with Crippen LogP contribution >= 0.6 is 11.8 Å². The predicted octanol–water partition coefficient (Wildman–Crippen LogP) is 4.19. The first kappa shape index (κ1) is 17.2. The van der Waals surface area contributed by atoms with Crippen molar-refractivity contribution in [2.75, 3.05) is 0 Å². The summed E-state index contributed by atoms with van der Waals surface area (Å²) in [5.74, 6) is -0.134. The van der Waals surface area contributed by atoms with Crippen molar-refractivity contribution >= 4 is 17.7 Å². The van der Waals surface area contributed by atoms with Crippen LogP contribution in [0.5, 0.6) is 0 Å². The van der Waals surface area contributed by atoms with E-state index in [0.717, 1.165) is 22.5 Å². The van der Waals surface area contributed by atoms with Crippen molar-refractivity contribution in [3.63, 3.8) is 0 Å². The van der Waals surface area contributed by atoms with Crippen molar-refractivity contribution < 1.29 is 9.90 Å². The summed E-state index contributed by atoms with van der Waals surface area (Å²) in [4.78, 5) is 11.7. The molecule has 128 valence electrons. The highest BCUT2D eigenvalue weighted by atomic mass is 32.2. The van der Waals surface area contributed by atoms with E-state index in [2.05, 4.69) is 16.3 Å². The number of carboxylic acid groups (broad SMARTS) is 1. The molecule has 0 fully saturated rings. The van der Waals surface area contributed by atoms with Crippen molar-refractivity contribution in [3.05, 3.63) is 65.7 Å². The third kappa shape index (κ3) is 3.74. The lowest BCUT2D eigenvalue weighted by molar-refractivity contribution is -0.136. The van der Waals surface area contributed by atoms with Crippen LogP contribution in [0.25, 0.3) is 11.4 Å². The van der Waals surface area contributed by atoms with E-state index in [4.69, 9.17) is 0 Å². The van der Waals surface area contributed by atoms with Crippen LogP contribution < -0.4 is 0 Å². The van der Waals surface area contributed by atoms with Crippen LogP contribution in [-0.2, 0) is 11.3 Å². The lowest BCUT2D eigenvalue weighted by Gasteiger charge is -2.13. The van der Waals surface area contributed by atoms with E-state index in [0.29, 0.717) is 11.7 Å². The highest BCUT2D eigenvalue weighted by Gasteiger charge is 2.25. The van der Waals surface area contributed by atoms with Gasteiger partial charge < -0.3 is 9.67 Å². The van der Waals surface area contributed by atoms with Crippen LogP contribution in [-0.4, -0.2) is 25.8 Å². The zero-order valence-corrected chi connectivity index (χ0v) is 14.9. The minimum atomic E-state index is -0.890. The van der Waals surface area contributed by atoms with Gasteiger partial charge in [0.2, 0.25) is 0 Å². The standard InChI is InChI=1S/C19H19N3O2S/c1-3-22-17(15-11-7-8-13(2)12-15)20-21-19(22)25-16(18(23)24)14-9-5-4-6-10-14/h4-12,16H,3H2,1-2H3,(H,23,24)/t16-/m1/s1. The smallest absolute Gasteiger partial charge is 0.321 e. The Kier molecular flexibility index (Phi) is 5.19. The minimum absolute atomic E-state index is 0.607. The van der Waals surface area contributed by atoms with Gasteiger partial charge in [-0.2, -0.15) is 0 Å². The lowest BCUT2D eigenvalue weighted by atomic mass is 10.1. The first-order chi connectivity index (χ1) is 12.1. The van der Waals surface area contributed by atoms with Crippen molar-refractivity contribution in [1.29, 1.82) is 0 Å². The molecule has 3 rings (SSSR count). The van der Waals surface area contributed by atoms with Crippen LogP contribution in [0.1, 0.15) is 23.3 Å². The van der Waals surface area contributed by atoms with E-state index in [1.165, 1.54) is 11.8 Å². The van der Waals surface area contributed by atoms with Gasteiger partial charge in [-0.3, -0.25) is 4.79 Å². The normalized spacial score (nSPS) is 12.1. The third-order valence-corrected chi connectivity index (χ3v) is 5.08. The van der Waals surface area contributed by atoms with E-state index in [1.807, 2.05) is 66.9 Å². The molecule has 2 aromatic carbocycles. The number of benzene rings is 2. The van der Waals surface area contributed by atoms with Gasteiger partial charge in [-0.1, -0.05) is 65.9 Å². The van der Waals surface area contributed by atoms with Crippen LogP contribution in [0.3, 0.4) is 0 Å². The quantitative estimate of drug-likeness (QED) is 0.673. The molecule has 5 nitrogen and oxygen atoms in total. The van der Waals surface area contributed by atoms with Crippen LogP contribution in [0.4, 0.5) is 0 Å². The summed E-state index contributed by atoms with van der Waals surface area (Å²) in [6.45, 7) is 4.70. The fourth-order valence-corrected chi connectivity index (χ4v) is 3.69. The van der Waals surface area contributed by atoms with Gasteiger partial charge in [-0.15, -0.1) is 10.2 Å². The van der Waals surface area contributed by atoms with Gasteiger partial charge in [-0.25, -0.2) is 0 Å². The zero-order chi connectivity index (χ0) is 17.8. The molecule has 0 saturated carbocycles. The van der Waals surface area contributed by atoms with E-state index < -0.39 is 11.2 Å². The summed E-state index contributed by atoms with van der Waals surface area (Å²) in [7, 11) is 0. The lowest BCUT2D eigenvalue weighted by Crippen LogP contribution is -2.09. The van der Waals surface area contributed by atoms with Crippen LogP contribution in [0, 0.1) is 6.92 Å². The van der Waals surface area contributed by atoms with E-state index in [9.17, 15) is 9.90 Å². The molecule has 25 heavy (non-hydrogen) atoms. The molecule has 0 aliphatic rings. The van der Waals surface area contributed by atoms with Crippen LogP contribution in [0.2, 0.25) is 0 Å². The Bertz CT molecular complexity index is 877. The molecular weight excluding hydrogens is 334 g/mol. The molecule has 0 aliphatic heterocycles. The molecule has 0 aliphatic carbocycles. The van der Waals surface area contributed by atoms with Crippen molar-refractivity contribution in [3.8, 4) is 11.4 Å². The monoisotopic (exact) mass is 353 g/mol.